The number of rotatable bonds is 45. The summed E-state index contributed by atoms with van der Waals surface area (Å²) in [5, 5.41) is 13.8. The Morgan fingerprint density at radius 3 is 1.30 bits per heavy atom. The molecular weight excluding hydrogens is 732 g/mol. The molecule has 0 aromatic rings. The fourth-order valence-corrected chi connectivity index (χ4v) is 8.07. The molecule has 3 N–H and O–H groups in total. The minimum Gasteiger partial charge on any atom is -0.387 e. The topological polar surface area (TPSA) is 105 Å². The maximum absolute atomic E-state index is 12.9. The van der Waals surface area contributed by atoms with E-state index in [9.17, 15) is 19.4 Å². The number of likely N-dealkylation sites (N-methyl/N-ethyl adjacent to an activating group) is 1. The second-order valence-electron chi connectivity index (χ2n) is 18.2. The zero-order chi connectivity index (χ0) is 42.1. The van der Waals surface area contributed by atoms with E-state index in [1.807, 2.05) is 27.2 Å². The summed E-state index contributed by atoms with van der Waals surface area (Å²) in [5.41, 5.74) is 0. The number of allylic oxidation sites excluding steroid dienone is 1. The summed E-state index contributed by atoms with van der Waals surface area (Å²) in [7, 11) is 1.58. The number of carbonyl (C=O) groups excluding carboxylic acids is 1. The van der Waals surface area contributed by atoms with E-state index < -0.39 is 20.0 Å². The van der Waals surface area contributed by atoms with Crippen LogP contribution in [0.2, 0.25) is 0 Å². The Hall–Kier alpha value is -0.760. The molecule has 0 aliphatic rings. The number of hydrogen-bond donors (Lipinski definition) is 3. The summed E-state index contributed by atoms with van der Waals surface area (Å²) in [6.07, 6.45) is 47.3. The van der Waals surface area contributed by atoms with Crippen molar-refractivity contribution in [1.29, 1.82) is 0 Å². The third-order valence-corrected chi connectivity index (χ3v) is 12.2. The number of phosphoric ester groups is 1. The van der Waals surface area contributed by atoms with Gasteiger partial charge in [-0.1, -0.05) is 225 Å². The van der Waals surface area contributed by atoms with Crippen LogP contribution in [0.4, 0.5) is 0 Å². The van der Waals surface area contributed by atoms with E-state index in [1.165, 1.54) is 180 Å². The summed E-state index contributed by atoms with van der Waals surface area (Å²) in [6.45, 7) is 4.82. The molecule has 340 valence electrons. The van der Waals surface area contributed by atoms with E-state index in [1.54, 1.807) is 6.08 Å². The van der Waals surface area contributed by atoms with Gasteiger partial charge in [-0.05, 0) is 19.3 Å². The average Bonchev–Trinajstić information content (AvgIpc) is 3.16. The Bertz CT molecular complexity index is 942. The molecule has 9 heteroatoms. The minimum absolute atomic E-state index is 0.0644. The highest BCUT2D eigenvalue weighted by Gasteiger charge is 2.27. The molecule has 0 radical (unpaired) electrons. The standard InChI is InChI=1S/C48H97N2O6P/c1-6-8-10-12-14-16-18-19-20-21-22-23-24-25-26-27-28-29-30-31-32-34-36-38-40-42-48(52)49-46(45-56-57(53,54)55-44-43-50(3,4)5)47(51)41-39-37-35-33-17-15-13-11-9-7-2/h39,41,46-47,51H,6-38,40,42-45H2,1-5H3,(H-,49,52,53,54)/p+1/b41-39+/t46-,47+/m0/s1. The molecular formula is C48H98N2O6P+. The van der Waals surface area contributed by atoms with Crippen molar-refractivity contribution in [2.24, 2.45) is 0 Å². The van der Waals surface area contributed by atoms with Gasteiger partial charge in [-0.2, -0.15) is 0 Å². The molecule has 0 bridgehead atoms. The lowest BCUT2D eigenvalue weighted by molar-refractivity contribution is -0.870. The van der Waals surface area contributed by atoms with Gasteiger partial charge < -0.3 is 19.8 Å². The molecule has 0 saturated heterocycles. The highest BCUT2D eigenvalue weighted by molar-refractivity contribution is 7.47. The predicted molar refractivity (Wildman–Crippen MR) is 245 cm³/mol. The van der Waals surface area contributed by atoms with Crippen LogP contribution in [0.3, 0.4) is 0 Å². The molecule has 8 nitrogen and oxygen atoms in total. The quantitative estimate of drug-likeness (QED) is 0.0244. The number of amides is 1. The molecule has 0 aliphatic heterocycles. The van der Waals surface area contributed by atoms with Crippen LogP contribution in [0.25, 0.3) is 0 Å². The summed E-state index contributed by atoms with van der Waals surface area (Å²) in [6, 6.07) is -0.839. The molecule has 0 aliphatic carbocycles. The molecule has 1 unspecified atom stereocenters. The molecule has 57 heavy (non-hydrogen) atoms. The van der Waals surface area contributed by atoms with Crippen LogP contribution < -0.4 is 5.32 Å². The lowest BCUT2D eigenvalue weighted by Crippen LogP contribution is -2.45. The monoisotopic (exact) mass is 830 g/mol. The van der Waals surface area contributed by atoms with E-state index in [4.69, 9.17) is 9.05 Å². The predicted octanol–water partition coefficient (Wildman–Crippen LogP) is 13.9. The average molecular weight is 830 g/mol. The van der Waals surface area contributed by atoms with Crippen molar-refractivity contribution in [3.63, 3.8) is 0 Å². The molecule has 0 saturated carbocycles. The summed E-state index contributed by atoms with van der Waals surface area (Å²) >= 11 is 0. The van der Waals surface area contributed by atoms with Crippen molar-refractivity contribution in [1.82, 2.24) is 5.32 Å². The highest BCUT2D eigenvalue weighted by Crippen LogP contribution is 2.43. The van der Waals surface area contributed by atoms with Gasteiger partial charge in [0.05, 0.1) is 39.9 Å². The number of hydrogen-bond acceptors (Lipinski definition) is 5. The van der Waals surface area contributed by atoms with Crippen LogP contribution in [-0.2, 0) is 18.4 Å². The maximum Gasteiger partial charge on any atom is 0.472 e. The maximum atomic E-state index is 12.9. The Balaban J connectivity index is 4.10. The zero-order valence-corrected chi connectivity index (χ0v) is 39.5. The molecule has 0 rings (SSSR count). The second kappa shape index (κ2) is 40.6. The number of unbranched alkanes of at least 4 members (excludes halogenated alkanes) is 32. The van der Waals surface area contributed by atoms with E-state index in [0.29, 0.717) is 17.4 Å². The van der Waals surface area contributed by atoms with Crippen LogP contribution >= 0.6 is 7.82 Å². The molecule has 0 heterocycles. The lowest BCUT2D eigenvalue weighted by Gasteiger charge is -2.25. The summed E-state index contributed by atoms with van der Waals surface area (Å²) in [4.78, 5) is 23.1. The molecule has 0 spiro atoms. The number of quaternary nitrogens is 1. The van der Waals surface area contributed by atoms with Gasteiger partial charge >= 0.3 is 7.82 Å². The number of nitrogens with one attached hydrogen (secondary N) is 1. The van der Waals surface area contributed by atoms with Crippen molar-refractivity contribution < 1.29 is 32.9 Å². The van der Waals surface area contributed by atoms with Crippen LogP contribution in [0, 0.1) is 0 Å². The first kappa shape index (κ1) is 56.2. The third-order valence-electron chi connectivity index (χ3n) is 11.3. The number of phosphoric acid groups is 1. The molecule has 0 fully saturated rings. The Kier molecular flexibility index (Phi) is 40.1. The van der Waals surface area contributed by atoms with Gasteiger partial charge in [-0.25, -0.2) is 4.57 Å². The number of carbonyl (C=O) groups is 1. The minimum atomic E-state index is -4.33. The number of aliphatic hydroxyl groups is 1. The fourth-order valence-electron chi connectivity index (χ4n) is 7.34. The van der Waals surface area contributed by atoms with Crippen molar-refractivity contribution in [3.8, 4) is 0 Å². The van der Waals surface area contributed by atoms with Gasteiger partial charge in [0.25, 0.3) is 0 Å². The molecule has 0 aromatic heterocycles. The van der Waals surface area contributed by atoms with Gasteiger partial charge in [-0.15, -0.1) is 0 Å². The van der Waals surface area contributed by atoms with E-state index in [2.05, 4.69) is 19.2 Å². The molecule has 3 atom stereocenters. The van der Waals surface area contributed by atoms with Crippen LogP contribution in [0.15, 0.2) is 12.2 Å². The Morgan fingerprint density at radius 1 is 0.579 bits per heavy atom. The van der Waals surface area contributed by atoms with Crippen molar-refractivity contribution in [3.05, 3.63) is 12.2 Å². The molecule has 1 amide bonds. The SMILES string of the molecule is CCCCCCCCCC/C=C/[C@@H](O)[C@H](COP(=O)(O)OCC[N+](C)(C)C)NC(=O)CCCCCCCCCCCCCCCCCCCCCCCCCCC. The van der Waals surface area contributed by atoms with E-state index in [0.717, 1.165) is 38.5 Å². The van der Waals surface area contributed by atoms with E-state index >= 15 is 0 Å². The smallest absolute Gasteiger partial charge is 0.387 e. The van der Waals surface area contributed by atoms with Crippen molar-refractivity contribution in [2.45, 2.75) is 251 Å². The zero-order valence-electron chi connectivity index (χ0n) is 38.6. The van der Waals surface area contributed by atoms with Gasteiger partial charge in [0, 0.05) is 6.42 Å². The van der Waals surface area contributed by atoms with Crippen molar-refractivity contribution >= 4 is 13.7 Å². The van der Waals surface area contributed by atoms with Gasteiger partial charge in [0.1, 0.15) is 13.2 Å². The Labute approximate surface area is 354 Å². The van der Waals surface area contributed by atoms with Crippen LogP contribution in [0.1, 0.15) is 239 Å². The lowest BCUT2D eigenvalue weighted by atomic mass is 10.0. The first-order valence-corrected chi connectivity index (χ1v) is 26.1. The normalized spacial score (nSPS) is 14.3. The van der Waals surface area contributed by atoms with Gasteiger partial charge in [0.2, 0.25) is 5.91 Å². The summed E-state index contributed by atoms with van der Waals surface area (Å²) < 4.78 is 23.5. The number of nitrogens with zero attached hydrogens (tertiary/aromatic N) is 1. The Morgan fingerprint density at radius 2 is 0.930 bits per heavy atom. The molecule has 0 aromatic carbocycles. The second-order valence-corrected chi connectivity index (χ2v) is 19.7. The fraction of sp³-hybridized carbons (Fsp3) is 0.938. The first-order valence-electron chi connectivity index (χ1n) is 24.6. The van der Waals surface area contributed by atoms with E-state index in [-0.39, 0.29) is 19.1 Å². The third kappa shape index (κ3) is 43.1. The van der Waals surface area contributed by atoms with Crippen molar-refractivity contribution in [2.75, 3.05) is 40.9 Å². The largest absolute Gasteiger partial charge is 0.472 e. The first-order chi connectivity index (χ1) is 27.5. The summed E-state index contributed by atoms with van der Waals surface area (Å²) in [5.74, 6) is -0.174. The van der Waals surface area contributed by atoms with Crippen LogP contribution in [0.5, 0.6) is 0 Å². The van der Waals surface area contributed by atoms with Gasteiger partial charge in [0.15, 0.2) is 0 Å². The number of aliphatic hydroxyl groups excluding tert-OH is 1. The van der Waals surface area contributed by atoms with Gasteiger partial charge in [-0.3, -0.25) is 13.8 Å². The highest BCUT2D eigenvalue weighted by atomic mass is 31.2. The van der Waals surface area contributed by atoms with Crippen LogP contribution in [-0.4, -0.2) is 73.4 Å².